The number of benzene rings is 2. The number of ether oxygens (including phenoxy) is 2. The largest absolute Gasteiger partial charge is 0.348 e. The van der Waals surface area contributed by atoms with Crippen LogP contribution in [0, 0.1) is 0 Å². The molecule has 3 rings (SSSR count). The van der Waals surface area contributed by atoms with E-state index in [0.717, 1.165) is 32.5 Å². The van der Waals surface area contributed by atoms with Crippen molar-refractivity contribution in [2.45, 2.75) is 39.4 Å². The van der Waals surface area contributed by atoms with Crippen LogP contribution >= 0.6 is 0 Å². The minimum atomic E-state index is -0.200. The molecule has 2 nitrogen and oxygen atoms in total. The minimum Gasteiger partial charge on any atom is -0.348 e. The van der Waals surface area contributed by atoms with E-state index in [4.69, 9.17) is 9.47 Å². The van der Waals surface area contributed by atoms with E-state index in [2.05, 4.69) is 44.2 Å². The highest BCUT2D eigenvalue weighted by atomic mass is 16.7. The van der Waals surface area contributed by atoms with Gasteiger partial charge in [-0.2, -0.15) is 0 Å². The summed E-state index contributed by atoms with van der Waals surface area (Å²) in [5, 5.41) is 2.62. The van der Waals surface area contributed by atoms with Crippen molar-refractivity contribution >= 4 is 10.8 Å². The van der Waals surface area contributed by atoms with E-state index in [1.807, 2.05) is 0 Å². The smallest absolute Gasteiger partial charge is 0.184 e. The average Bonchev–Trinajstić information content (AvgIpc) is 2.53. The number of fused-ring (bicyclic) bond motifs is 1. The molecule has 0 N–H and O–H groups in total. The Labute approximate surface area is 120 Å². The Morgan fingerprint density at radius 3 is 2.35 bits per heavy atom. The van der Waals surface area contributed by atoms with Gasteiger partial charge in [0, 0.05) is 5.56 Å². The second kappa shape index (κ2) is 5.94. The van der Waals surface area contributed by atoms with Crippen LogP contribution in [0.3, 0.4) is 0 Å². The summed E-state index contributed by atoms with van der Waals surface area (Å²) >= 11 is 0. The Bertz CT molecular complexity index is 598. The molecule has 0 spiro atoms. The molecule has 0 bridgehead atoms. The Morgan fingerprint density at radius 2 is 1.65 bits per heavy atom. The summed E-state index contributed by atoms with van der Waals surface area (Å²) < 4.78 is 11.7. The van der Waals surface area contributed by atoms with E-state index in [0.29, 0.717) is 0 Å². The van der Waals surface area contributed by atoms with Gasteiger partial charge in [0.15, 0.2) is 6.29 Å². The van der Waals surface area contributed by atoms with Crippen molar-refractivity contribution in [3.8, 4) is 0 Å². The molecule has 106 valence electrons. The molecule has 0 amide bonds. The molecule has 0 aromatic heterocycles. The zero-order valence-electron chi connectivity index (χ0n) is 12.3. The van der Waals surface area contributed by atoms with Gasteiger partial charge in [0.2, 0.25) is 0 Å². The Balaban J connectivity index is 2.20. The van der Waals surface area contributed by atoms with Gasteiger partial charge in [0.05, 0.1) is 13.2 Å². The van der Waals surface area contributed by atoms with Gasteiger partial charge in [-0.1, -0.05) is 44.2 Å². The molecule has 1 aliphatic heterocycles. The van der Waals surface area contributed by atoms with Crippen molar-refractivity contribution in [3.63, 3.8) is 0 Å². The van der Waals surface area contributed by atoms with Crippen LogP contribution in [-0.2, 0) is 22.3 Å². The van der Waals surface area contributed by atoms with Gasteiger partial charge in [-0.3, -0.25) is 0 Å². The third-order valence-corrected chi connectivity index (χ3v) is 4.11. The van der Waals surface area contributed by atoms with Crippen molar-refractivity contribution in [3.05, 3.63) is 47.0 Å². The molecule has 1 saturated heterocycles. The lowest BCUT2D eigenvalue weighted by Crippen LogP contribution is -2.19. The molecule has 1 aliphatic rings. The summed E-state index contributed by atoms with van der Waals surface area (Å²) in [7, 11) is 0. The van der Waals surface area contributed by atoms with Crippen LogP contribution in [-0.4, -0.2) is 13.2 Å². The normalized spacial score (nSPS) is 16.7. The van der Waals surface area contributed by atoms with Crippen LogP contribution in [0.15, 0.2) is 30.3 Å². The molecule has 2 aromatic rings. The van der Waals surface area contributed by atoms with E-state index < -0.39 is 0 Å². The number of rotatable bonds is 3. The Hall–Kier alpha value is -1.38. The first kappa shape index (κ1) is 13.6. The monoisotopic (exact) mass is 270 g/mol. The molecule has 2 heteroatoms. The van der Waals surface area contributed by atoms with Crippen LogP contribution < -0.4 is 0 Å². The minimum absolute atomic E-state index is 0.200. The maximum atomic E-state index is 5.87. The lowest BCUT2D eigenvalue weighted by Gasteiger charge is -2.27. The van der Waals surface area contributed by atoms with E-state index in [1.165, 1.54) is 27.5 Å². The summed E-state index contributed by atoms with van der Waals surface area (Å²) in [6.07, 6.45) is 2.84. The fourth-order valence-corrected chi connectivity index (χ4v) is 3.04. The van der Waals surface area contributed by atoms with E-state index in [1.54, 1.807) is 0 Å². The molecule has 1 fully saturated rings. The SMILES string of the molecule is CCc1ccc2c(CC)cccc2c1C1OCCCO1. The van der Waals surface area contributed by atoms with Crippen molar-refractivity contribution in [2.75, 3.05) is 13.2 Å². The van der Waals surface area contributed by atoms with Gasteiger partial charge in [-0.15, -0.1) is 0 Å². The van der Waals surface area contributed by atoms with E-state index >= 15 is 0 Å². The highest BCUT2D eigenvalue weighted by molar-refractivity contribution is 5.90. The summed E-state index contributed by atoms with van der Waals surface area (Å²) in [6.45, 7) is 5.97. The van der Waals surface area contributed by atoms with Gasteiger partial charge in [-0.25, -0.2) is 0 Å². The van der Waals surface area contributed by atoms with Crippen molar-refractivity contribution in [1.29, 1.82) is 0 Å². The van der Waals surface area contributed by atoms with Crippen LogP contribution in [0.25, 0.3) is 10.8 Å². The molecular formula is C18H22O2. The first-order valence-corrected chi connectivity index (χ1v) is 7.61. The van der Waals surface area contributed by atoms with Gasteiger partial charge < -0.3 is 9.47 Å². The predicted molar refractivity (Wildman–Crippen MR) is 82.0 cm³/mol. The summed E-state index contributed by atoms with van der Waals surface area (Å²) in [5.74, 6) is 0. The molecule has 2 aromatic carbocycles. The second-order valence-corrected chi connectivity index (χ2v) is 5.28. The average molecular weight is 270 g/mol. The fourth-order valence-electron chi connectivity index (χ4n) is 3.04. The quantitative estimate of drug-likeness (QED) is 0.823. The maximum Gasteiger partial charge on any atom is 0.184 e. The lowest BCUT2D eigenvalue weighted by atomic mass is 9.93. The number of hydrogen-bond donors (Lipinski definition) is 0. The number of hydrogen-bond acceptors (Lipinski definition) is 2. The maximum absolute atomic E-state index is 5.87. The molecule has 0 atom stereocenters. The van der Waals surface area contributed by atoms with Crippen LogP contribution in [0.4, 0.5) is 0 Å². The zero-order valence-corrected chi connectivity index (χ0v) is 12.3. The van der Waals surface area contributed by atoms with Crippen molar-refractivity contribution in [1.82, 2.24) is 0 Å². The summed E-state index contributed by atoms with van der Waals surface area (Å²) in [4.78, 5) is 0. The first-order chi connectivity index (χ1) is 9.85. The van der Waals surface area contributed by atoms with Crippen molar-refractivity contribution in [2.24, 2.45) is 0 Å². The number of aryl methyl sites for hydroxylation is 2. The molecule has 1 heterocycles. The van der Waals surface area contributed by atoms with Gasteiger partial charge in [0.25, 0.3) is 0 Å². The highest BCUT2D eigenvalue weighted by Crippen LogP contribution is 2.34. The molecule has 0 radical (unpaired) electrons. The standard InChI is InChI=1S/C18H22O2/c1-3-13-7-5-8-16-15(13)10-9-14(4-2)17(16)18-19-11-6-12-20-18/h5,7-10,18H,3-4,6,11-12H2,1-2H3. The van der Waals surface area contributed by atoms with Crippen LogP contribution in [0.2, 0.25) is 0 Å². The summed E-state index contributed by atoms with van der Waals surface area (Å²) in [6, 6.07) is 11.0. The molecule has 0 unspecified atom stereocenters. The fraction of sp³-hybridized carbons (Fsp3) is 0.444. The highest BCUT2D eigenvalue weighted by Gasteiger charge is 2.22. The third-order valence-electron chi connectivity index (χ3n) is 4.11. The van der Waals surface area contributed by atoms with Gasteiger partial charge >= 0.3 is 0 Å². The Morgan fingerprint density at radius 1 is 0.900 bits per heavy atom. The third kappa shape index (κ3) is 2.34. The predicted octanol–water partition coefficient (Wildman–Crippen LogP) is 4.40. The van der Waals surface area contributed by atoms with Crippen molar-refractivity contribution < 1.29 is 9.47 Å². The van der Waals surface area contributed by atoms with E-state index in [-0.39, 0.29) is 6.29 Å². The first-order valence-electron chi connectivity index (χ1n) is 7.61. The molecule has 20 heavy (non-hydrogen) atoms. The molecular weight excluding hydrogens is 248 g/mol. The second-order valence-electron chi connectivity index (χ2n) is 5.28. The van der Waals surface area contributed by atoms with Crippen LogP contribution in [0.5, 0.6) is 0 Å². The van der Waals surface area contributed by atoms with Crippen LogP contribution in [0.1, 0.15) is 43.2 Å². The lowest BCUT2D eigenvalue weighted by molar-refractivity contribution is -0.182. The molecule has 0 aliphatic carbocycles. The zero-order chi connectivity index (χ0) is 13.9. The Kier molecular flexibility index (Phi) is 4.04. The molecule has 0 saturated carbocycles. The van der Waals surface area contributed by atoms with E-state index in [9.17, 15) is 0 Å². The van der Waals surface area contributed by atoms with Gasteiger partial charge in [0.1, 0.15) is 0 Å². The summed E-state index contributed by atoms with van der Waals surface area (Å²) in [5.41, 5.74) is 3.96. The van der Waals surface area contributed by atoms with Gasteiger partial charge in [-0.05, 0) is 41.2 Å². The topological polar surface area (TPSA) is 18.5 Å².